The van der Waals surface area contributed by atoms with Gasteiger partial charge in [-0.2, -0.15) is 0 Å². The Morgan fingerprint density at radius 1 is 0.871 bits per heavy atom. The van der Waals surface area contributed by atoms with Crippen molar-refractivity contribution in [1.29, 1.82) is 0 Å². The predicted molar refractivity (Wildman–Crippen MR) is 127 cm³/mol. The second-order valence-corrected chi connectivity index (χ2v) is 8.20. The summed E-state index contributed by atoms with van der Waals surface area (Å²) in [5.41, 5.74) is 4.50. The van der Waals surface area contributed by atoms with Crippen LogP contribution in [0.25, 0.3) is 33.4 Å². The maximum absolute atomic E-state index is 12.2. The second kappa shape index (κ2) is 8.06. The number of hydrogen-bond donors (Lipinski definition) is 1. The smallest absolute Gasteiger partial charge is 0.249 e. The van der Waals surface area contributed by atoms with Crippen molar-refractivity contribution in [2.75, 3.05) is 0 Å². The van der Waals surface area contributed by atoms with Crippen LogP contribution in [0.1, 0.15) is 5.56 Å². The van der Waals surface area contributed by atoms with Crippen molar-refractivity contribution in [2.45, 2.75) is 6.54 Å². The SMILES string of the molecule is O=c1cc(-c2cccc(Cl)c2)c2cc(Cn3ccnc3-c3ccc(Cl)cc3)ccc2[nH]1. The molecule has 6 heteroatoms. The van der Waals surface area contributed by atoms with E-state index in [9.17, 15) is 4.79 Å². The van der Waals surface area contributed by atoms with Crippen LogP contribution >= 0.6 is 23.2 Å². The van der Waals surface area contributed by atoms with Gasteiger partial charge >= 0.3 is 0 Å². The molecule has 0 spiro atoms. The highest BCUT2D eigenvalue weighted by atomic mass is 35.5. The lowest BCUT2D eigenvalue weighted by atomic mass is 9.99. The number of halogens is 2. The summed E-state index contributed by atoms with van der Waals surface area (Å²) < 4.78 is 2.09. The van der Waals surface area contributed by atoms with E-state index in [-0.39, 0.29) is 5.56 Å². The lowest BCUT2D eigenvalue weighted by Crippen LogP contribution is -2.06. The topological polar surface area (TPSA) is 50.7 Å². The molecule has 0 atom stereocenters. The van der Waals surface area contributed by atoms with Gasteiger partial charge in [-0.15, -0.1) is 0 Å². The number of aromatic nitrogens is 3. The molecule has 0 fully saturated rings. The van der Waals surface area contributed by atoms with Crippen molar-refractivity contribution in [2.24, 2.45) is 0 Å². The Bertz CT molecular complexity index is 1450. The summed E-state index contributed by atoms with van der Waals surface area (Å²) in [4.78, 5) is 19.7. The van der Waals surface area contributed by atoms with Crippen LogP contribution in [0.4, 0.5) is 0 Å². The van der Waals surface area contributed by atoms with E-state index in [0.717, 1.165) is 39.0 Å². The van der Waals surface area contributed by atoms with Gasteiger partial charge in [0, 0.05) is 51.5 Å². The standard InChI is InChI=1S/C25H17Cl2N3O/c26-19-7-5-17(6-8-19)25-28-10-11-30(25)15-16-4-9-23-22(12-16)21(14-24(31)29-23)18-2-1-3-20(27)13-18/h1-14H,15H2,(H,29,31). The molecule has 5 rings (SSSR count). The summed E-state index contributed by atoms with van der Waals surface area (Å²) in [6.45, 7) is 0.641. The first-order valence-corrected chi connectivity index (χ1v) is 10.5. The average Bonchev–Trinajstić information content (AvgIpc) is 3.22. The molecule has 1 N–H and O–H groups in total. The van der Waals surface area contributed by atoms with E-state index in [1.54, 1.807) is 12.3 Å². The van der Waals surface area contributed by atoms with Gasteiger partial charge in [0.15, 0.2) is 0 Å². The van der Waals surface area contributed by atoms with E-state index < -0.39 is 0 Å². The quantitative estimate of drug-likeness (QED) is 0.347. The molecule has 0 aliphatic heterocycles. The third-order valence-corrected chi connectivity index (χ3v) is 5.70. The molecule has 0 aliphatic rings. The Hall–Kier alpha value is -3.34. The third-order valence-electron chi connectivity index (χ3n) is 5.21. The van der Waals surface area contributed by atoms with E-state index in [2.05, 4.69) is 20.6 Å². The van der Waals surface area contributed by atoms with Gasteiger partial charge in [-0.05, 0) is 65.2 Å². The molecule has 0 saturated carbocycles. The lowest BCUT2D eigenvalue weighted by molar-refractivity contribution is 0.808. The van der Waals surface area contributed by atoms with E-state index in [1.165, 1.54) is 0 Å². The average molecular weight is 446 g/mol. The monoisotopic (exact) mass is 445 g/mol. The summed E-state index contributed by atoms with van der Waals surface area (Å²) in [5.74, 6) is 0.869. The molecule has 4 nitrogen and oxygen atoms in total. The van der Waals surface area contributed by atoms with Gasteiger partial charge in [-0.3, -0.25) is 4.79 Å². The Morgan fingerprint density at radius 3 is 2.52 bits per heavy atom. The molecule has 2 heterocycles. The number of fused-ring (bicyclic) bond motifs is 1. The molecule has 5 aromatic rings. The minimum atomic E-state index is -0.144. The number of benzene rings is 3. The van der Waals surface area contributed by atoms with Gasteiger partial charge in [0.1, 0.15) is 5.82 Å². The number of nitrogens with one attached hydrogen (secondary N) is 1. The third kappa shape index (κ3) is 4.00. The Balaban J connectivity index is 1.58. The van der Waals surface area contributed by atoms with E-state index in [1.807, 2.05) is 66.9 Å². The first-order valence-electron chi connectivity index (χ1n) is 9.76. The van der Waals surface area contributed by atoms with Crippen LogP contribution < -0.4 is 5.56 Å². The molecular formula is C25H17Cl2N3O. The Kier molecular flexibility index (Phi) is 5.10. The van der Waals surface area contributed by atoms with Crippen molar-refractivity contribution >= 4 is 34.1 Å². The summed E-state index contributed by atoms with van der Waals surface area (Å²) in [6.07, 6.45) is 3.75. The van der Waals surface area contributed by atoms with Crippen LogP contribution in [0.15, 0.2) is 90.0 Å². The molecule has 152 valence electrons. The van der Waals surface area contributed by atoms with Crippen molar-refractivity contribution < 1.29 is 0 Å². The molecule has 31 heavy (non-hydrogen) atoms. The molecule has 2 aromatic heterocycles. The lowest BCUT2D eigenvalue weighted by Gasteiger charge is -2.11. The molecule has 0 amide bonds. The van der Waals surface area contributed by atoms with Crippen LogP contribution in [-0.4, -0.2) is 14.5 Å². The number of H-pyrrole nitrogens is 1. The first kappa shape index (κ1) is 19.6. The van der Waals surface area contributed by atoms with Gasteiger partial charge < -0.3 is 9.55 Å². The van der Waals surface area contributed by atoms with Gasteiger partial charge in [-0.25, -0.2) is 4.98 Å². The van der Waals surface area contributed by atoms with Crippen LogP contribution in [0, 0.1) is 0 Å². The fourth-order valence-electron chi connectivity index (χ4n) is 3.79. The highest BCUT2D eigenvalue weighted by Gasteiger charge is 2.10. The van der Waals surface area contributed by atoms with Crippen LogP contribution in [0.2, 0.25) is 10.0 Å². The maximum Gasteiger partial charge on any atom is 0.249 e. The maximum atomic E-state index is 12.2. The highest BCUT2D eigenvalue weighted by Crippen LogP contribution is 2.29. The number of hydrogen-bond acceptors (Lipinski definition) is 2. The van der Waals surface area contributed by atoms with Gasteiger partial charge in [0.25, 0.3) is 0 Å². The number of nitrogens with zero attached hydrogens (tertiary/aromatic N) is 2. The number of imidazole rings is 1. The second-order valence-electron chi connectivity index (χ2n) is 7.32. The summed E-state index contributed by atoms with van der Waals surface area (Å²) in [7, 11) is 0. The minimum Gasteiger partial charge on any atom is -0.327 e. The number of rotatable bonds is 4. The Morgan fingerprint density at radius 2 is 1.71 bits per heavy atom. The zero-order valence-electron chi connectivity index (χ0n) is 16.3. The molecular weight excluding hydrogens is 429 g/mol. The zero-order chi connectivity index (χ0) is 21.4. The van der Waals surface area contributed by atoms with Crippen molar-refractivity contribution in [3.05, 3.63) is 111 Å². The minimum absolute atomic E-state index is 0.144. The van der Waals surface area contributed by atoms with E-state index in [0.29, 0.717) is 16.6 Å². The molecule has 3 aromatic carbocycles. The predicted octanol–water partition coefficient (Wildman–Crippen LogP) is 6.41. The fraction of sp³-hybridized carbons (Fsp3) is 0.0400. The van der Waals surface area contributed by atoms with Crippen molar-refractivity contribution in [3.8, 4) is 22.5 Å². The van der Waals surface area contributed by atoms with Gasteiger partial charge in [0.05, 0.1) is 0 Å². The molecule has 0 saturated heterocycles. The summed E-state index contributed by atoms with van der Waals surface area (Å²) in [6, 6.07) is 22.9. The molecule has 0 unspecified atom stereocenters. The summed E-state index contributed by atoms with van der Waals surface area (Å²) in [5, 5.41) is 2.29. The van der Waals surface area contributed by atoms with Crippen molar-refractivity contribution in [3.63, 3.8) is 0 Å². The van der Waals surface area contributed by atoms with Crippen LogP contribution in [-0.2, 0) is 6.54 Å². The number of pyridine rings is 1. The normalized spacial score (nSPS) is 11.2. The van der Waals surface area contributed by atoms with E-state index in [4.69, 9.17) is 23.2 Å². The number of aromatic amines is 1. The van der Waals surface area contributed by atoms with E-state index >= 15 is 0 Å². The summed E-state index contributed by atoms with van der Waals surface area (Å²) >= 11 is 12.2. The van der Waals surface area contributed by atoms with Crippen LogP contribution in [0.5, 0.6) is 0 Å². The molecule has 0 aliphatic carbocycles. The molecule has 0 radical (unpaired) electrons. The zero-order valence-corrected chi connectivity index (χ0v) is 17.9. The van der Waals surface area contributed by atoms with Gasteiger partial charge in [-0.1, -0.05) is 41.4 Å². The largest absolute Gasteiger partial charge is 0.327 e. The Labute approximate surface area is 188 Å². The van der Waals surface area contributed by atoms with Crippen molar-refractivity contribution in [1.82, 2.24) is 14.5 Å². The molecule has 0 bridgehead atoms. The van der Waals surface area contributed by atoms with Gasteiger partial charge in [0.2, 0.25) is 5.56 Å². The van der Waals surface area contributed by atoms with Crippen LogP contribution in [0.3, 0.4) is 0 Å². The first-order chi connectivity index (χ1) is 15.1. The fourth-order valence-corrected chi connectivity index (χ4v) is 4.10. The highest BCUT2D eigenvalue weighted by molar-refractivity contribution is 6.31.